The van der Waals surface area contributed by atoms with Crippen molar-refractivity contribution in [2.24, 2.45) is 5.41 Å². The quantitative estimate of drug-likeness (QED) is 0.154. The van der Waals surface area contributed by atoms with Gasteiger partial charge < -0.3 is 14.0 Å². The lowest BCUT2D eigenvalue weighted by molar-refractivity contribution is 0.513. The van der Waals surface area contributed by atoms with Gasteiger partial charge >= 0.3 is 0 Å². The van der Waals surface area contributed by atoms with Crippen molar-refractivity contribution >= 4 is 78.1 Å². The molecule has 0 fully saturated rings. The molecule has 332 valence electrons. The third-order valence-corrected chi connectivity index (χ3v) is 15.1. The molecular weight excluding hydrogens is 814 g/mol. The summed E-state index contributed by atoms with van der Waals surface area (Å²) in [4.78, 5) is 2.55. The molecule has 1 atom stereocenters. The fourth-order valence-electron chi connectivity index (χ4n) is 11.5. The van der Waals surface area contributed by atoms with Gasteiger partial charge in [0.25, 0.3) is 6.71 Å². The number of anilines is 2. The van der Waals surface area contributed by atoms with Crippen LogP contribution < -0.4 is 21.3 Å². The van der Waals surface area contributed by atoms with Crippen LogP contribution in [0.25, 0.3) is 55.0 Å². The number of hydrogen-bond acceptors (Lipinski definition) is 3. The lowest BCUT2D eigenvalue weighted by Gasteiger charge is -2.42. The second-order valence-electron chi connectivity index (χ2n) is 23.8. The van der Waals surface area contributed by atoms with E-state index in [4.69, 9.17) is 0 Å². The highest BCUT2D eigenvalue weighted by atomic mass is 15.2. The molecule has 67 heavy (non-hydrogen) atoms. The Morgan fingerprint density at radius 3 is 1.72 bits per heavy atom. The summed E-state index contributed by atoms with van der Waals surface area (Å²) in [7, 11) is 0. The van der Waals surface area contributed by atoms with Crippen LogP contribution in [0.3, 0.4) is 0 Å². The van der Waals surface area contributed by atoms with E-state index in [0.717, 1.165) is 61.0 Å². The number of benzene rings is 6. The third-order valence-electron chi connectivity index (χ3n) is 15.1. The SMILES string of the molecule is CC1/C=C(C(C)(C)C)\C=C/CN2c3cc(-n4c5cc(C(C)(C)C)ccc5c5ccc(C(C)(C)C)cc54)cc4c3B(c3cc(C#N)cc1c32)c1cc(C#N)cc2c3cc(C(C)(C)C)ccc3n-4c12. The van der Waals surface area contributed by atoms with Crippen LogP contribution in [0.1, 0.15) is 129 Å². The van der Waals surface area contributed by atoms with E-state index in [0.29, 0.717) is 17.7 Å². The van der Waals surface area contributed by atoms with Gasteiger partial charge in [0.05, 0.1) is 45.5 Å². The summed E-state index contributed by atoms with van der Waals surface area (Å²) in [5.41, 5.74) is 19.9. The Kier molecular flexibility index (Phi) is 9.04. The molecule has 6 heteroatoms. The lowest BCUT2D eigenvalue weighted by atomic mass is 9.33. The minimum atomic E-state index is -0.229. The van der Waals surface area contributed by atoms with Gasteiger partial charge in [-0.1, -0.05) is 139 Å². The minimum Gasteiger partial charge on any atom is -0.338 e. The summed E-state index contributed by atoms with van der Waals surface area (Å²) >= 11 is 0. The highest BCUT2D eigenvalue weighted by Crippen LogP contribution is 2.46. The van der Waals surface area contributed by atoms with Crippen molar-refractivity contribution in [1.29, 1.82) is 10.5 Å². The number of fused-ring (bicyclic) bond motifs is 10. The van der Waals surface area contributed by atoms with Gasteiger partial charge in [-0.3, -0.25) is 0 Å². The van der Waals surface area contributed by atoms with Crippen molar-refractivity contribution < 1.29 is 0 Å². The van der Waals surface area contributed by atoms with Gasteiger partial charge in [0.1, 0.15) is 0 Å². The molecule has 3 aliphatic heterocycles. The minimum absolute atomic E-state index is 0.0195. The summed E-state index contributed by atoms with van der Waals surface area (Å²) < 4.78 is 5.05. The Hall–Kier alpha value is -6.76. The maximum atomic E-state index is 10.8. The Balaban J connectivity index is 1.35. The van der Waals surface area contributed by atoms with Crippen LogP contribution in [0.5, 0.6) is 0 Å². The van der Waals surface area contributed by atoms with Crippen molar-refractivity contribution in [1.82, 2.24) is 9.13 Å². The van der Waals surface area contributed by atoms with E-state index in [2.05, 4.69) is 225 Å². The summed E-state index contributed by atoms with van der Waals surface area (Å²) in [6.07, 6.45) is 7.08. The molecule has 0 radical (unpaired) electrons. The monoisotopic (exact) mass is 873 g/mol. The number of allylic oxidation sites excluding steroid dienone is 3. The highest BCUT2D eigenvalue weighted by molar-refractivity contribution is 7.00. The number of hydrogen-bond donors (Lipinski definition) is 0. The standard InChI is InChI=1S/C61H60BN5/c1-35-23-38(58(2,3)4)15-14-22-65-53-31-42(66-51-29-40(60(8,9)10)16-19-43(51)44-20-17-41(30-52(44)66)61(11,12)13)32-54-55(53)62(48-26-36(33-63)24-45(35)56(48)65)49-27-37(34-64)25-47-46-28-39(59(5,6)7)18-21-50(46)67(54)57(47)49/h14-21,23-32,35H,22H2,1-13H3/b15-14-,38-23+. The highest BCUT2D eigenvalue weighted by Gasteiger charge is 2.44. The summed E-state index contributed by atoms with van der Waals surface area (Å²) in [5, 5.41) is 26.3. The molecule has 11 rings (SSSR count). The number of nitrogens with zero attached hydrogens (tertiary/aromatic N) is 5. The van der Waals surface area contributed by atoms with Gasteiger partial charge in [-0.2, -0.15) is 10.5 Å². The fraction of sp³-hybridized carbons (Fsp3) is 0.311. The number of rotatable bonds is 1. The van der Waals surface area contributed by atoms with Crippen molar-refractivity contribution in [3.8, 4) is 23.5 Å². The zero-order chi connectivity index (χ0) is 47.4. The van der Waals surface area contributed by atoms with Crippen molar-refractivity contribution in [3.63, 3.8) is 0 Å². The van der Waals surface area contributed by atoms with Gasteiger partial charge in [0, 0.05) is 56.6 Å². The van der Waals surface area contributed by atoms with Crippen LogP contribution in [-0.2, 0) is 16.2 Å². The van der Waals surface area contributed by atoms with Crippen molar-refractivity contribution in [2.45, 2.75) is 112 Å². The summed E-state index contributed by atoms with van der Waals surface area (Å²) in [6, 6.07) is 39.7. The molecule has 8 aromatic rings. The van der Waals surface area contributed by atoms with Gasteiger partial charge in [-0.15, -0.1) is 0 Å². The zero-order valence-electron chi connectivity index (χ0n) is 41.5. The molecule has 0 N–H and O–H groups in total. The smallest absolute Gasteiger partial charge is 0.252 e. The van der Waals surface area contributed by atoms with E-state index in [1.807, 2.05) is 0 Å². The summed E-state index contributed by atoms with van der Waals surface area (Å²) in [5.74, 6) is 0.0195. The average Bonchev–Trinajstić information content (AvgIpc) is 3.79. The zero-order valence-corrected chi connectivity index (χ0v) is 41.5. The second-order valence-corrected chi connectivity index (χ2v) is 23.8. The van der Waals surface area contributed by atoms with Crippen LogP contribution in [0, 0.1) is 28.1 Å². The first-order valence-corrected chi connectivity index (χ1v) is 24.1. The van der Waals surface area contributed by atoms with Crippen LogP contribution in [-0.4, -0.2) is 22.4 Å². The predicted molar refractivity (Wildman–Crippen MR) is 284 cm³/mol. The molecule has 0 bridgehead atoms. The van der Waals surface area contributed by atoms with E-state index in [-0.39, 0.29) is 34.3 Å². The first-order valence-electron chi connectivity index (χ1n) is 24.1. The van der Waals surface area contributed by atoms with E-state index in [1.54, 1.807) is 0 Å². The number of aromatic nitrogens is 2. The molecule has 2 aromatic heterocycles. The van der Waals surface area contributed by atoms with Gasteiger partial charge in [0.15, 0.2) is 0 Å². The maximum absolute atomic E-state index is 10.8. The van der Waals surface area contributed by atoms with Gasteiger partial charge in [0.2, 0.25) is 0 Å². The molecule has 1 unspecified atom stereocenters. The Morgan fingerprint density at radius 2 is 1.12 bits per heavy atom. The Labute approximate surface area is 396 Å². The third kappa shape index (κ3) is 6.39. The van der Waals surface area contributed by atoms with E-state index >= 15 is 0 Å². The largest absolute Gasteiger partial charge is 0.338 e. The molecule has 3 aliphatic rings. The first-order chi connectivity index (χ1) is 31.6. The van der Waals surface area contributed by atoms with E-state index in [9.17, 15) is 10.5 Å². The van der Waals surface area contributed by atoms with Crippen molar-refractivity contribution in [3.05, 3.63) is 148 Å². The molecule has 0 spiro atoms. The molecular formula is C61H60BN5. The fourth-order valence-corrected chi connectivity index (χ4v) is 11.5. The maximum Gasteiger partial charge on any atom is 0.252 e. The first kappa shape index (κ1) is 42.9. The van der Waals surface area contributed by atoms with Gasteiger partial charge in [-0.25, -0.2) is 0 Å². The van der Waals surface area contributed by atoms with Gasteiger partial charge in [-0.05, 0) is 127 Å². The average molecular weight is 874 g/mol. The molecule has 6 aromatic carbocycles. The van der Waals surface area contributed by atoms with Crippen molar-refractivity contribution in [2.75, 3.05) is 11.4 Å². The van der Waals surface area contributed by atoms with Crippen LogP contribution in [0.15, 0.2) is 115 Å². The topological polar surface area (TPSA) is 60.7 Å². The Bertz CT molecular complexity index is 3570. The second kappa shape index (κ2) is 14.1. The molecule has 0 amide bonds. The molecule has 0 saturated heterocycles. The molecule has 0 saturated carbocycles. The van der Waals surface area contributed by atoms with E-state index < -0.39 is 0 Å². The normalized spacial score (nSPS) is 17.1. The molecule has 5 nitrogen and oxygen atoms in total. The lowest BCUT2D eigenvalue weighted by Crippen LogP contribution is -2.61. The predicted octanol–water partition coefficient (Wildman–Crippen LogP) is 13.4. The van der Waals surface area contributed by atoms with Crippen LogP contribution >= 0.6 is 0 Å². The molecule has 0 aliphatic carbocycles. The van der Waals surface area contributed by atoms with Crippen LogP contribution in [0.2, 0.25) is 0 Å². The number of nitriles is 2. The summed E-state index contributed by atoms with van der Waals surface area (Å²) in [6.45, 7) is 30.2. The molecule has 5 heterocycles. The van der Waals surface area contributed by atoms with E-state index in [1.165, 1.54) is 49.5 Å². The van der Waals surface area contributed by atoms with Crippen LogP contribution in [0.4, 0.5) is 11.4 Å². The Morgan fingerprint density at radius 1 is 0.552 bits per heavy atom.